The minimum absolute atomic E-state index is 0.479. The van der Waals surface area contributed by atoms with Gasteiger partial charge in [-0.3, -0.25) is 4.98 Å². The highest BCUT2D eigenvalue weighted by atomic mass is 15.0. The number of nitrogens with zero attached hydrogens (tertiary/aromatic N) is 3. The van der Waals surface area contributed by atoms with Gasteiger partial charge in [-0.05, 0) is 18.1 Å². The van der Waals surface area contributed by atoms with Gasteiger partial charge in [0.25, 0.3) is 0 Å². The molecular weight excluding hydrogens is 174 g/mol. The predicted molar refractivity (Wildman–Crippen MR) is 55.4 cm³/mol. The highest BCUT2D eigenvalue weighted by Gasteiger charge is 2.00. The smallest absolute Gasteiger partial charge is 0.0992 e. The summed E-state index contributed by atoms with van der Waals surface area (Å²) in [7, 11) is 0. The first-order chi connectivity index (χ1) is 6.77. The standard InChI is InChI=1S/C11H13N3/c1-9(2)11-4-3-10(7-13-11)14-6-5-12-8-14/h3-9H,1-2H3. The van der Waals surface area contributed by atoms with Gasteiger partial charge in [0.05, 0.1) is 18.2 Å². The summed E-state index contributed by atoms with van der Waals surface area (Å²) in [6.07, 6.45) is 7.31. The highest BCUT2D eigenvalue weighted by Crippen LogP contribution is 2.13. The van der Waals surface area contributed by atoms with E-state index in [9.17, 15) is 0 Å². The van der Waals surface area contributed by atoms with E-state index in [1.165, 1.54) is 0 Å². The second-order valence-corrected chi connectivity index (χ2v) is 3.57. The summed E-state index contributed by atoms with van der Waals surface area (Å²) < 4.78 is 1.94. The van der Waals surface area contributed by atoms with E-state index < -0.39 is 0 Å². The number of aromatic nitrogens is 3. The van der Waals surface area contributed by atoms with E-state index in [0.29, 0.717) is 5.92 Å². The Morgan fingerprint density at radius 2 is 2.14 bits per heavy atom. The van der Waals surface area contributed by atoms with E-state index in [1.54, 1.807) is 12.5 Å². The Labute approximate surface area is 83.4 Å². The summed E-state index contributed by atoms with van der Waals surface area (Å²) in [6.45, 7) is 4.28. The van der Waals surface area contributed by atoms with Crippen molar-refractivity contribution in [1.29, 1.82) is 0 Å². The fraction of sp³-hybridized carbons (Fsp3) is 0.273. The van der Waals surface area contributed by atoms with Crippen LogP contribution in [0.15, 0.2) is 37.1 Å². The normalized spacial score (nSPS) is 10.8. The molecule has 2 aromatic heterocycles. The Morgan fingerprint density at radius 1 is 1.29 bits per heavy atom. The predicted octanol–water partition coefficient (Wildman–Crippen LogP) is 2.39. The van der Waals surface area contributed by atoms with Crippen LogP contribution in [0.1, 0.15) is 25.5 Å². The molecule has 0 aromatic carbocycles. The second kappa shape index (κ2) is 3.62. The molecular formula is C11H13N3. The van der Waals surface area contributed by atoms with Crippen LogP contribution in [0.5, 0.6) is 0 Å². The van der Waals surface area contributed by atoms with Gasteiger partial charge in [-0.1, -0.05) is 13.8 Å². The molecule has 0 radical (unpaired) electrons. The number of hydrogen-bond acceptors (Lipinski definition) is 2. The zero-order chi connectivity index (χ0) is 9.97. The Hall–Kier alpha value is -1.64. The molecule has 0 saturated carbocycles. The zero-order valence-corrected chi connectivity index (χ0v) is 8.38. The van der Waals surface area contributed by atoms with Crippen LogP contribution in [0.2, 0.25) is 0 Å². The van der Waals surface area contributed by atoms with Gasteiger partial charge in [0.2, 0.25) is 0 Å². The minimum Gasteiger partial charge on any atom is -0.305 e. The van der Waals surface area contributed by atoms with Crippen molar-refractivity contribution in [3.8, 4) is 5.69 Å². The van der Waals surface area contributed by atoms with E-state index in [2.05, 4.69) is 35.9 Å². The van der Waals surface area contributed by atoms with E-state index in [1.807, 2.05) is 17.0 Å². The molecule has 72 valence electrons. The van der Waals surface area contributed by atoms with Crippen LogP contribution in [0.4, 0.5) is 0 Å². The maximum atomic E-state index is 4.39. The third-order valence-electron chi connectivity index (χ3n) is 2.16. The molecule has 0 saturated heterocycles. The molecule has 0 N–H and O–H groups in total. The molecule has 0 atom stereocenters. The molecule has 0 amide bonds. The first-order valence-corrected chi connectivity index (χ1v) is 4.71. The van der Waals surface area contributed by atoms with Gasteiger partial charge < -0.3 is 4.57 Å². The number of pyridine rings is 1. The molecule has 14 heavy (non-hydrogen) atoms. The van der Waals surface area contributed by atoms with Crippen LogP contribution in [0.25, 0.3) is 5.69 Å². The third-order valence-corrected chi connectivity index (χ3v) is 2.16. The molecule has 0 bridgehead atoms. The largest absolute Gasteiger partial charge is 0.305 e. The van der Waals surface area contributed by atoms with Gasteiger partial charge in [-0.15, -0.1) is 0 Å². The Morgan fingerprint density at radius 3 is 2.64 bits per heavy atom. The van der Waals surface area contributed by atoms with Crippen molar-refractivity contribution in [2.75, 3.05) is 0 Å². The molecule has 2 rings (SSSR count). The molecule has 0 aliphatic heterocycles. The monoisotopic (exact) mass is 187 g/mol. The molecule has 3 heteroatoms. The average Bonchev–Trinajstić information content (AvgIpc) is 2.71. The van der Waals surface area contributed by atoms with Crippen LogP contribution in [0.3, 0.4) is 0 Å². The molecule has 0 aliphatic rings. The fourth-order valence-electron chi connectivity index (χ4n) is 1.30. The van der Waals surface area contributed by atoms with Crippen molar-refractivity contribution >= 4 is 0 Å². The van der Waals surface area contributed by atoms with Gasteiger partial charge in [0.1, 0.15) is 0 Å². The molecule has 0 fully saturated rings. The van der Waals surface area contributed by atoms with Crippen molar-refractivity contribution in [1.82, 2.24) is 14.5 Å². The SMILES string of the molecule is CC(C)c1ccc(-n2ccnc2)cn1. The summed E-state index contributed by atoms with van der Waals surface area (Å²) in [4.78, 5) is 8.38. The Kier molecular flexibility index (Phi) is 2.31. The van der Waals surface area contributed by atoms with Gasteiger partial charge in [0.15, 0.2) is 0 Å². The molecule has 2 aromatic rings. The second-order valence-electron chi connectivity index (χ2n) is 3.57. The van der Waals surface area contributed by atoms with Gasteiger partial charge in [-0.2, -0.15) is 0 Å². The first-order valence-electron chi connectivity index (χ1n) is 4.71. The average molecular weight is 187 g/mol. The number of rotatable bonds is 2. The van der Waals surface area contributed by atoms with Gasteiger partial charge >= 0.3 is 0 Å². The first kappa shape index (κ1) is 8.94. The van der Waals surface area contributed by atoms with E-state index in [4.69, 9.17) is 0 Å². The van der Waals surface area contributed by atoms with Crippen LogP contribution < -0.4 is 0 Å². The fourth-order valence-corrected chi connectivity index (χ4v) is 1.30. The van der Waals surface area contributed by atoms with E-state index >= 15 is 0 Å². The molecule has 3 nitrogen and oxygen atoms in total. The maximum absolute atomic E-state index is 4.39. The molecule has 0 unspecified atom stereocenters. The summed E-state index contributed by atoms with van der Waals surface area (Å²) in [6, 6.07) is 4.12. The van der Waals surface area contributed by atoms with Crippen LogP contribution in [-0.2, 0) is 0 Å². The van der Waals surface area contributed by atoms with Gasteiger partial charge in [0, 0.05) is 18.1 Å². The zero-order valence-electron chi connectivity index (χ0n) is 8.38. The highest BCUT2D eigenvalue weighted by molar-refractivity contribution is 5.29. The van der Waals surface area contributed by atoms with Crippen molar-refractivity contribution in [2.24, 2.45) is 0 Å². The topological polar surface area (TPSA) is 30.7 Å². The van der Waals surface area contributed by atoms with Gasteiger partial charge in [-0.25, -0.2) is 4.98 Å². The quantitative estimate of drug-likeness (QED) is 0.722. The number of imidazole rings is 1. The summed E-state index contributed by atoms with van der Waals surface area (Å²) in [5.74, 6) is 0.479. The Balaban J connectivity index is 2.31. The number of hydrogen-bond donors (Lipinski definition) is 0. The molecule has 2 heterocycles. The van der Waals surface area contributed by atoms with E-state index in [0.717, 1.165) is 11.4 Å². The lowest BCUT2D eigenvalue weighted by molar-refractivity contribution is 0.819. The van der Waals surface area contributed by atoms with Crippen LogP contribution in [0, 0.1) is 0 Å². The summed E-state index contributed by atoms with van der Waals surface area (Å²) in [5.41, 5.74) is 2.17. The lowest BCUT2D eigenvalue weighted by Crippen LogP contribution is -1.95. The molecule has 0 spiro atoms. The van der Waals surface area contributed by atoms with Crippen molar-refractivity contribution in [3.05, 3.63) is 42.7 Å². The van der Waals surface area contributed by atoms with Crippen molar-refractivity contribution in [3.63, 3.8) is 0 Å². The van der Waals surface area contributed by atoms with Crippen LogP contribution >= 0.6 is 0 Å². The van der Waals surface area contributed by atoms with Crippen molar-refractivity contribution < 1.29 is 0 Å². The minimum atomic E-state index is 0.479. The Bertz CT molecular complexity index is 387. The third kappa shape index (κ3) is 1.66. The van der Waals surface area contributed by atoms with E-state index in [-0.39, 0.29) is 0 Å². The van der Waals surface area contributed by atoms with Crippen molar-refractivity contribution in [2.45, 2.75) is 19.8 Å². The lowest BCUT2D eigenvalue weighted by atomic mass is 10.1. The molecule has 0 aliphatic carbocycles. The summed E-state index contributed by atoms with van der Waals surface area (Å²) >= 11 is 0. The van der Waals surface area contributed by atoms with Crippen LogP contribution in [-0.4, -0.2) is 14.5 Å². The summed E-state index contributed by atoms with van der Waals surface area (Å²) in [5, 5.41) is 0. The lowest BCUT2D eigenvalue weighted by Gasteiger charge is -2.05. The maximum Gasteiger partial charge on any atom is 0.0992 e.